The van der Waals surface area contributed by atoms with Crippen molar-refractivity contribution in [3.05, 3.63) is 23.0 Å². The zero-order chi connectivity index (χ0) is 10.1. The van der Waals surface area contributed by atoms with E-state index in [0.717, 1.165) is 0 Å². The maximum atomic E-state index is 9.00. The number of aromatic nitrogens is 1. The van der Waals surface area contributed by atoms with Crippen LogP contribution < -0.4 is 11.5 Å². The summed E-state index contributed by atoms with van der Waals surface area (Å²) in [6.45, 7) is 1.48. The van der Waals surface area contributed by atoms with Gasteiger partial charge in [-0.2, -0.15) is 0 Å². The Morgan fingerprint density at radius 2 is 2.31 bits per heavy atom. The standard InChI is InChI=1S/C8H12ClN3O/c1-8(11,4-13)5-3-12-7(9)2-6(5)10/h2-3,13H,4,11H2,1H3,(H2,10,12)/t8-/m0/s1. The number of anilines is 1. The van der Waals surface area contributed by atoms with Crippen LogP contribution in [-0.4, -0.2) is 16.7 Å². The minimum atomic E-state index is -0.873. The van der Waals surface area contributed by atoms with Crippen molar-refractivity contribution >= 4 is 17.3 Å². The van der Waals surface area contributed by atoms with Gasteiger partial charge in [0.1, 0.15) is 5.15 Å². The highest BCUT2D eigenvalue weighted by molar-refractivity contribution is 6.29. The highest BCUT2D eigenvalue weighted by Gasteiger charge is 2.22. The third-order valence-corrected chi connectivity index (χ3v) is 2.05. The summed E-state index contributed by atoms with van der Waals surface area (Å²) in [5, 5.41) is 9.31. The first-order chi connectivity index (χ1) is 5.97. The molecule has 0 saturated carbocycles. The Morgan fingerprint density at radius 1 is 1.69 bits per heavy atom. The molecule has 0 fully saturated rings. The molecule has 0 bridgehead atoms. The quantitative estimate of drug-likeness (QED) is 0.608. The second kappa shape index (κ2) is 3.49. The first-order valence-electron chi connectivity index (χ1n) is 3.78. The van der Waals surface area contributed by atoms with Crippen LogP contribution in [-0.2, 0) is 5.54 Å². The molecule has 0 unspecified atom stereocenters. The van der Waals surface area contributed by atoms with Crippen molar-refractivity contribution in [3.8, 4) is 0 Å². The average Bonchev–Trinajstić information content (AvgIpc) is 2.03. The summed E-state index contributed by atoms with van der Waals surface area (Å²) in [5.74, 6) is 0. The van der Waals surface area contributed by atoms with Gasteiger partial charge in [0.05, 0.1) is 12.1 Å². The number of halogens is 1. The maximum Gasteiger partial charge on any atom is 0.131 e. The van der Waals surface area contributed by atoms with Crippen LogP contribution in [0.15, 0.2) is 12.3 Å². The van der Waals surface area contributed by atoms with E-state index in [1.54, 1.807) is 6.92 Å². The molecule has 0 saturated heterocycles. The minimum Gasteiger partial charge on any atom is -0.398 e. The van der Waals surface area contributed by atoms with E-state index in [-0.39, 0.29) is 6.61 Å². The maximum absolute atomic E-state index is 9.00. The van der Waals surface area contributed by atoms with Gasteiger partial charge in [-0.25, -0.2) is 4.98 Å². The van der Waals surface area contributed by atoms with Crippen molar-refractivity contribution < 1.29 is 5.11 Å². The number of aliphatic hydroxyl groups is 1. The van der Waals surface area contributed by atoms with Crippen LogP contribution in [0.2, 0.25) is 5.15 Å². The molecular weight excluding hydrogens is 190 g/mol. The van der Waals surface area contributed by atoms with Crippen molar-refractivity contribution in [2.24, 2.45) is 5.73 Å². The van der Waals surface area contributed by atoms with Gasteiger partial charge in [-0.3, -0.25) is 0 Å². The van der Waals surface area contributed by atoms with Crippen LogP contribution in [0, 0.1) is 0 Å². The molecule has 0 radical (unpaired) electrons. The number of nitrogens with zero attached hydrogens (tertiary/aromatic N) is 1. The largest absolute Gasteiger partial charge is 0.398 e. The van der Waals surface area contributed by atoms with Crippen molar-refractivity contribution in [1.29, 1.82) is 0 Å². The van der Waals surface area contributed by atoms with Gasteiger partial charge < -0.3 is 16.6 Å². The smallest absolute Gasteiger partial charge is 0.131 e. The Hall–Kier alpha value is -0.840. The summed E-state index contributed by atoms with van der Waals surface area (Å²) in [4.78, 5) is 3.85. The van der Waals surface area contributed by atoms with Gasteiger partial charge in [0.25, 0.3) is 0 Å². The molecule has 72 valence electrons. The molecule has 0 spiro atoms. The highest BCUT2D eigenvalue weighted by atomic mass is 35.5. The predicted molar refractivity (Wildman–Crippen MR) is 52.3 cm³/mol. The van der Waals surface area contributed by atoms with Crippen LogP contribution in [0.5, 0.6) is 0 Å². The molecule has 13 heavy (non-hydrogen) atoms. The fraction of sp³-hybridized carbons (Fsp3) is 0.375. The minimum absolute atomic E-state index is 0.194. The SMILES string of the molecule is C[C@](N)(CO)c1cnc(Cl)cc1N. The second-order valence-electron chi connectivity index (χ2n) is 3.17. The van der Waals surface area contributed by atoms with Gasteiger partial charge in [-0.15, -0.1) is 0 Å². The summed E-state index contributed by atoms with van der Waals surface area (Å²) in [5.41, 5.74) is 11.6. The van der Waals surface area contributed by atoms with Gasteiger partial charge >= 0.3 is 0 Å². The molecule has 5 N–H and O–H groups in total. The Bertz CT molecular complexity index is 314. The Kier molecular flexibility index (Phi) is 2.75. The number of nitrogens with two attached hydrogens (primary N) is 2. The summed E-state index contributed by atoms with van der Waals surface area (Å²) >= 11 is 5.62. The Balaban J connectivity index is 3.16. The molecule has 1 atom stereocenters. The van der Waals surface area contributed by atoms with E-state index in [9.17, 15) is 0 Å². The predicted octanol–water partition coefficient (Wildman–Crippen LogP) is 0.483. The lowest BCUT2D eigenvalue weighted by Crippen LogP contribution is -2.37. The summed E-state index contributed by atoms with van der Waals surface area (Å²) in [6, 6.07) is 1.51. The number of hydrogen-bond donors (Lipinski definition) is 3. The van der Waals surface area contributed by atoms with Crippen LogP contribution >= 0.6 is 11.6 Å². The topological polar surface area (TPSA) is 85.2 Å². The number of pyridine rings is 1. The van der Waals surface area contributed by atoms with Crippen molar-refractivity contribution in [1.82, 2.24) is 4.98 Å². The Morgan fingerprint density at radius 3 is 2.77 bits per heavy atom. The number of rotatable bonds is 2. The van der Waals surface area contributed by atoms with Crippen molar-refractivity contribution in [3.63, 3.8) is 0 Å². The molecule has 0 aliphatic heterocycles. The third kappa shape index (κ3) is 2.09. The summed E-state index contributed by atoms with van der Waals surface area (Å²) in [6.07, 6.45) is 1.48. The zero-order valence-corrected chi connectivity index (χ0v) is 8.04. The van der Waals surface area contributed by atoms with E-state index in [1.165, 1.54) is 12.3 Å². The molecule has 1 aromatic heterocycles. The summed E-state index contributed by atoms with van der Waals surface area (Å²) in [7, 11) is 0. The van der Waals surface area contributed by atoms with Crippen LogP contribution in [0.3, 0.4) is 0 Å². The molecule has 5 heteroatoms. The number of aliphatic hydroxyl groups excluding tert-OH is 1. The highest BCUT2D eigenvalue weighted by Crippen LogP contribution is 2.24. The van der Waals surface area contributed by atoms with Crippen LogP contribution in [0.4, 0.5) is 5.69 Å². The fourth-order valence-electron chi connectivity index (χ4n) is 1.01. The molecule has 0 amide bonds. The normalized spacial score (nSPS) is 15.4. The van der Waals surface area contributed by atoms with Gasteiger partial charge in [0.15, 0.2) is 0 Å². The monoisotopic (exact) mass is 201 g/mol. The molecule has 0 aliphatic carbocycles. The third-order valence-electron chi connectivity index (χ3n) is 1.85. The molecule has 1 heterocycles. The van der Waals surface area contributed by atoms with Gasteiger partial charge in [0.2, 0.25) is 0 Å². The first kappa shape index (κ1) is 10.2. The van der Waals surface area contributed by atoms with E-state index in [4.69, 9.17) is 28.2 Å². The molecule has 1 rings (SSSR count). The molecule has 0 aromatic carbocycles. The second-order valence-corrected chi connectivity index (χ2v) is 3.56. The average molecular weight is 202 g/mol. The fourth-order valence-corrected chi connectivity index (χ4v) is 1.17. The van der Waals surface area contributed by atoms with Crippen molar-refractivity contribution in [2.75, 3.05) is 12.3 Å². The van der Waals surface area contributed by atoms with Crippen LogP contribution in [0.25, 0.3) is 0 Å². The number of hydrogen-bond acceptors (Lipinski definition) is 4. The van der Waals surface area contributed by atoms with E-state index in [2.05, 4.69) is 4.98 Å². The zero-order valence-electron chi connectivity index (χ0n) is 7.29. The first-order valence-corrected chi connectivity index (χ1v) is 4.16. The summed E-state index contributed by atoms with van der Waals surface area (Å²) < 4.78 is 0. The van der Waals surface area contributed by atoms with Crippen molar-refractivity contribution in [2.45, 2.75) is 12.5 Å². The van der Waals surface area contributed by atoms with Crippen LogP contribution in [0.1, 0.15) is 12.5 Å². The van der Waals surface area contributed by atoms with E-state index in [1.807, 2.05) is 0 Å². The van der Waals surface area contributed by atoms with E-state index < -0.39 is 5.54 Å². The molecule has 1 aromatic rings. The van der Waals surface area contributed by atoms with E-state index >= 15 is 0 Å². The molecule has 0 aliphatic rings. The lowest BCUT2D eigenvalue weighted by molar-refractivity contribution is 0.210. The van der Waals surface area contributed by atoms with Gasteiger partial charge in [-0.05, 0) is 13.0 Å². The lowest BCUT2D eigenvalue weighted by atomic mass is 9.94. The molecular formula is C8H12ClN3O. The van der Waals surface area contributed by atoms with E-state index in [0.29, 0.717) is 16.4 Å². The Labute approximate surface area is 81.5 Å². The van der Waals surface area contributed by atoms with Gasteiger partial charge in [0, 0.05) is 17.4 Å². The molecule has 4 nitrogen and oxygen atoms in total. The lowest BCUT2D eigenvalue weighted by Gasteiger charge is -2.23. The van der Waals surface area contributed by atoms with Gasteiger partial charge in [-0.1, -0.05) is 11.6 Å². The number of nitrogen functional groups attached to an aromatic ring is 1.